The maximum atomic E-state index is 13.6. The van der Waals surface area contributed by atoms with Crippen molar-refractivity contribution in [1.82, 2.24) is 9.55 Å². The maximum absolute atomic E-state index is 13.6. The molecule has 0 saturated heterocycles. The maximum Gasteiger partial charge on any atom is 0.282 e. The van der Waals surface area contributed by atoms with Crippen LogP contribution in [0.25, 0.3) is 5.70 Å². The molecule has 0 spiro atoms. The molecule has 1 aromatic heterocycles. The molecule has 3 aromatic carbocycles. The van der Waals surface area contributed by atoms with Crippen molar-refractivity contribution in [2.45, 2.75) is 16.9 Å². The van der Waals surface area contributed by atoms with Crippen LogP contribution in [0, 0.1) is 0 Å². The zero-order valence-corrected chi connectivity index (χ0v) is 18.6. The molecule has 164 valence electrons. The molecule has 1 aliphatic heterocycles. The lowest BCUT2D eigenvalue weighted by Crippen LogP contribution is -2.31. The summed E-state index contributed by atoms with van der Waals surface area (Å²) in [6.45, 7) is 4.44. The normalized spacial score (nSPS) is 14.7. The van der Waals surface area contributed by atoms with E-state index in [0.29, 0.717) is 23.2 Å². The highest BCUT2D eigenvalue weighted by atomic mass is 32.2. The molecular formula is C26H22N4O2S. The molecule has 7 heteroatoms. The largest absolute Gasteiger partial charge is 0.325 e. The second-order valence-electron chi connectivity index (χ2n) is 7.66. The Kier molecular flexibility index (Phi) is 5.73. The SMILES string of the molecule is C=C(Nc1nc2c(c(=O)n1Cc1ccccc1)N(O)C(c1ccccc1)S2)c1ccccc1. The summed E-state index contributed by atoms with van der Waals surface area (Å²) < 4.78 is 1.54. The van der Waals surface area contributed by atoms with Gasteiger partial charge < -0.3 is 5.32 Å². The van der Waals surface area contributed by atoms with E-state index in [1.165, 1.54) is 11.8 Å². The van der Waals surface area contributed by atoms with Crippen molar-refractivity contribution in [3.8, 4) is 0 Å². The van der Waals surface area contributed by atoms with Crippen LogP contribution in [0.5, 0.6) is 0 Å². The van der Waals surface area contributed by atoms with Gasteiger partial charge in [0.1, 0.15) is 10.4 Å². The Balaban J connectivity index is 1.58. The number of fused-ring (bicyclic) bond motifs is 1. The Bertz CT molecular complexity index is 1340. The fourth-order valence-corrected chi connectivity index (χ4v) is 4.90. The van der Waals surface area contributed by atoms with Crippen molar-refractivity contribution >= 4 is 29.1 Å². The number of rotatable bonds is 6. The summed E-state index contributed by atoms with van der Waals surface area (Å²) in [5.74, 6) is 0.381. The molecule has 6 nitrogen and oxygen atoms in total. The van der Waals surface area contributed by atoms with Gasteiger partial charge in [0.15, 0.2) is 5.69 Å². The Hall–Kier alpha value is -3.81. The van der Waals surface area contributed by atoms with Crippen LogP contribution >= 0.6 is 11.8 Å². The predicted molar refractivity (Wildman–Crippen MR) is 132 cm³/mol. The number of hydrogen-bond acceptors (Lipinski definition) is 6. The third-order valence-electron chi connectivity index (χ3n) is 5.44. The molecule has 0 bridgehead atoms. The van der Waals surface area contributed by atoms with E-state index in [-0.39, 0.29) is 11.2 Å². The Morgan fingerprint density at radius 2 is 1.58 bits per heavy atom. The van der Waals surface area contributed by atoms with E-state index < -0.39 is 5.37 Å². The molecule has 2 N–H and O–H groups in total. The third-order valence-corrected chi connectivity index (χ3v) is 6.64. The van der Waals surface area contributed by atoms with Gasteiger partial charge in [-0.25, -0.2) is 10.0 Å². The Morgan fingerprint density at radius 1 is 0.970 bits per heavy atom. The van der Waals surface area contributed by atoms with Gasteiger partial charge in [0.25, 0.3) is 5.56 Å². The summed E-state index contributed by atoms with van der Waals surface area (Å²) in [5, 5.41) is 15.2. The fraction of sp³-hybridized carbons (Fsp3) is 0.0769. The van der Waals surface area contributed by atoms with E-state index in [1.807, 2.05) is 91.0 Å². The van der Waals surface area contributed by atoms with Crippen LogP contribution in [0.15, 0.2) is 107 Å². The van der Waals surface area contributed by atoms with Crippen molar-refractivity contribution in [2.24, 2.45) is 0 Å². The van der Waals surface area contributed by atoms with Gasteiger partial charge in [0, 0.05) is 5.70 Å². The molecule has 1 aliphatic rings. The summed E-state index contributed by atoms with van der Waals surface area (Å²) in [6.07, 6.45) is 0. The molecule has 5 rings (SSSR count). The number of aromatic nitrogens is 2. The van der Waals surface area contributed by atoms with Gasteiger partial charge in [-0.3, -0.25) is 14.6 Å². The number of thioether (sulfide) groups is 1. The molecule has 0 radical (unpaired) electrons. The van der Waals surface area contributed by atoms with Gasteiger partial charge in [0.2, 0.25) is 5.95 Å². The van der Waals surface area contributed by atoms with E-state index in [2.05, 4.69) is 11.9 Å². The summed E-state index contributed by atoms with van der Waals surface area (Å²) >= 11 is 1.35. The standard InChI is InChI=1S/C26H22N4O2S/c1-18(20-13-7-3-8-14-20)27-26-28-23-22(24(31)29(26)17-19-11-5-2-6-12-19)30(32)25(33-23)21-15-9-4-10-16-21/h2-16,25,32H,1,17H2,(H,27,28). The highest BCUT2D eigenvalue weighted by Gasteiger charge is 2.36. The van der Waals surface area contributed by atoms with E-state index in [1.54, 1.807) is 4.57 Å². The summed E-state index contributed by atoms with van der Waals surface area (Å²) in [5.41, 5.74) is 3.23. The van der Waals surface area contributed by atoms with Crippen molar-refractivity contribution in [2.75, 3.05) is 10.4 Å². The molecule has 0 fully saturated rings. The van der Waals surface area contributed by atoms with Gasteiger partial charge in [-0.15, -0.1) is 0 Å². The number of benzene rings is 3. The van der Waals surface area contributed by atoms with Crippen molar-refractivity contribution in [1.29, 1.82) is 0 Å². The Labute approximate surface area is 195 Å². The van der Waals surface area contributed by atoms with Crippen LogP contribution in [-0.2, 0) is 6.54 Å². The van der Waals surface area contributed by atoms with Crippen molar-refractivity contribution in [3.63, 3.8) is 0 Å². The van der Waals surface area contributed by atoms with Crippen molar-refractivity contribution < 1.29 is 5.21 Å². The number of nitrogens with one attached hydrogen (secondary N) is 1. The molecule has 0 aliphatic carbocycles. The number of hydrogen-bond donors (Lipinski definition) is 2. The minimum atomic E-state index is -0.445. The summed E-state index contributed by atoms with van der Waals surface area (Å²) in [4.78, 5) is 18.4. The van der Waals surface area contributed by atoms with Gasteiger partial charge in [-0.05, 0) is 16.7 Å². The molecule has 4 aromatic rings. The van der Waals surface area contributed by atoms with Crippen LogP contribution in [0.4, 0.5) is 11.6 Å². The summed E-state index contributed by atoms with van der Waals surface area (Å²) in [6, 6.07) is 28.9. The first-order valence-electron chi connectivity index (χ1n) is 10.5. The van der Waals surface area contributed by atoms with E-state index >= 15 is 0 Å². The number of hydroxylamine groups is 1. The highest BCUT2D eigenvalue weighted by Crippen LogP contribution is 2.48. The van der Waals surface area contributed by atoms with Gasteiger partial charge in [-0.1, -0.05) is 109 Å². The molecule has 2 heterocycles. The third kappa shape index (κ3) is 4.16. The molecule has 0 saturated carbocycles. The van der Waals surface area contributed by atoms with Gasteiger partial charge in [0.05, 0.1) is 6.54 Å². The molecule has 33 heavy (non-hydrogen) atoms. The lowest BCUT2D eigenvalue weighted by Gasteiger charge is -2.20. The second-order valence-corrected chi connectivity index (χ2v) is 8.73. The first-order valence-corrected chi connectivity index (χ1v) is 11.4. The van der Waals surface area contributed by atoms with Crippen LogP contribution in [0.3, 0.4) is 0 Å². The topological polar surface area (TPSA) is 70.4 Å². The second kappa shape index (κ2) is 8.97. The first kappa shape index (κ1) is 21.1. The molecule has 0 amide bonds. The predicted octanol–water partition coefficient (Wildman–Crippen LogP) is 5.37. The van der Waals surface area contributed by atoms with Gasteiger partial charge in [-0.2, -0.15) is 0 Å². The average molecular weight is 455 g/mol. The zero-order valence-electron chi connectivity index (χ0n) is 17.8. The first-order chi connectivity index (χ1) is 16.1. The lowest BCUT2D eigenvalue weighted by atomic mass is 10.2. The van der Waals surface area contributed by atoms with Crippen LogP contribution in [0.1, 0.15) is 22.1 Å². The minimum absolute atomic E-state index is 0.181. The molecular weight excluding hydrogens is 432 g/mol. The number of anilines is 2. The zero-order chi connectivity index (χ0) is 22.8. The molecule has 1 unspecified atom stereocenters. The fourth-order valence-electron chi connectivity index (χ4n) is 3.76. The van der Waals surface area contributed by atoms with Crippen molar-refractivity contribution in [3.05, 3.63) is 125 Å². The average Bonchev–Trinajstić information content (AvgIpc) is 3.19. The quantitative estimate of drug-likeness (QED) is 0.382. The van der Waals surface area contributed by atoms with Crippen LogP contribution in [0.2, 0.25) is 0 Å². The smallest absolute Gasteiger partial charge is 0.282 e. The van der Waals surface area contributed by atoms with Crippen LogP contribution < -0.4 is 15.9 Å². The Morgan fingerprint density at radius 3 is 2.24 bits per heavy atom. The van der Waals surface area contributed by atoms with Gasteiger partial charge >= 0.3 is 0 Å². The van der Waals surface area contributed by atoms with E-state index in [0.717, 1.165) is 21.8 Å². The molecule has 1 atom stereocenters. The van der Waals surface area contributed by atoms with E-state index in [9.17, 15) is 10.0 Å². The summed E-state index contributed by atoms with van der Waals surface area (Å²) in [7, 11) is 0. The minimum Gasteiger partial charge on any atom is -0.325 e. The van der Waals surface area contributed by atoms with E-state index in [4.69, 9.17) is 4.98 Å². The number of nitrogens with zero attached hydrogens (tertiary/aromatic N) is 3. The monoisotopic (exact) mass is 454 g/mol. The highest BCUT2D eigenvalue weighted by molar-refractivity contribution is 8.00. The lowest BCUT2D eigenvalue weighted by molar-refractivity contribution is 0.246. The van der Waals surface area contributed by atoms with Crippen LogP contribution in [-0.4, -0.2) is 14.8 Å².